The minimum absolute atomic E-state index is 0.461. The number of pyridine rings is 1. The van der Waals surface area contributed by atoms with Gasteiger partial charge >= 0.3 is 0 Å². The molecule has 1 atom stereocenters. The summed E-state index contributed by atoms with van der Waals surface area (Å²) >= 11 is 3.44. The molecule has 0 bridgehead atoms. The highest BCUT2D eigenvalue weighted by Crippen LogP contribution is 2.26. The third-order valence-electron chi connectivity index (χ3n) is 2.60. The normalized spacial score (nSPS) is 11.4. The van der Waals surface area contributed by atoms with Crippen molar-refractivity contribution in [1.82, 2.24) is 4.98 Å². The van der Waals surface area contributed by atoms with Gasteiger partial charge in [0.1, 0.15) is 6.04 Å². The van der Waals surface area contributed by atoms with E-state index in [1.807, 2.05) is 30.3 Å². The lowest BCUT2D eigenvalue weighted by molar-refractivity contribution is 0.397. The average molecular weight is 318 g/mol. The minimum atomic E-state index is -0.461. The summed E-state index contributed by atoms with van der Waals surface area (Å²) in [6.45, 7) is 0. The summed E-state index contributed by atoms with van der Waals surface area (Å²) in [4.78, 5) is 4.11. The first kappa shape index (κ1) is 13.4. The molecule has 4 nitrogen and oxygen atoms in total. The second-order valence-corrected chi connectivity index (χ2v) is 4.67. The summed E-state index contributed by atoms with van der Waals surface area (Å²) in [6.07, 6.45) is 1.64. The maximum Gasteiger partial charge on any atom is 0.212 e. The van der Waals surface area contributed by atoms with Crippen molar-refractivity contribution in [2.45, 2.75) is 6.04 Å². The fraction of sp³-hybridized carbons (Fsp3) is 0.143. The van der Waals surface area contributed by atoms with E-state index in [1.54, 1.807) is 19.4 Å². The molecule has 1 aromatic heterocycles. The number of nitrogens with one attached hydrogen (secondary N) is 1. The lowest BCUT2D eigenvalue weighted by Gasteiger charge is -2.14. The van der Waals surface area contributed by atoms with E-state index in [1.165, 1.54) is 0 Å². The van der Waals surface area contributed by atoms with E-state index in [-0.39, 0.29) is 0 Å². The molecule has 96 valence electrons. The zero-order valence-corrected chi connectivity index (χ0v) is 11.9. The largest absolute Gasteiger partial charge is 0.481 e. The summed E-state index contributed by atoms with van der Waals surface area (Å²) in [7, 11) is 1.56. The zero-order valence-electron chi connectivity index (χ0n) is 10.3. The summed E-state index contributed by atoms with van der Waals surface area (Å²) in [5.74, 6) is 0.529. The van der Waals surface area contributed by atoms with E-state index in [0.717, 1.165) is 15.7 Å². The van der Waals surface area contributed by atoms with Crippen molar-refractivity contribution >= 4 is 21.6 Å². The maximum atomic E-state index is 9.27. The molecular weight excluding hydrogens is 306 g/mol. The number of aromatic nitrogens is 1. The SMILES string of the molecule is COc1ccc(C(C#N)Nc2ccccc2Br)cn1. The number of nitrogens with zero attached hydrogens (tertiary/aromatic N) is 2. The van der Waals surface area contributed by atoms with E-state index in [4.69, 9.17) is 4.74 Å². The van der Waals surface area contributed by atoms with Crippen LogP contribution in [0.3, 0.4) is 0 Å². The minimum Gasteiger partial charge on any atom is -0.481 e. The first-order valence-electron chi connectivity index (χ1n) is 5.65. The first-order chi connectivity index (χ1) is 9.24. The number of methoxy groups -OCH3 is 1. The van der Waals surface area contributed by atoms with Gasteiger partial charge in [0.2, 0.25) is 5.88 Å². The molecule has 0 aliphatic heterocycles. The Hall–Kier alpha value is -2.06. The van der Waals surface area contributed by atoms with Crippen molar-refractivity contribution < 1.29 is 4.74 Å². The quantitative estimate of drug-likeness (QED) is 0.937. The Labute approximate surface area is 120 Å². The van der Waals surface area contributed by atoms with E-state index < -0.39 is 6.04 Å². The molecule has 1 unspecified atom stereocenters. The van der Waals surface area contributed by atoms with Crippen molar-refractivity contribution in [2.24, 2.45) is 0 Å². The van der Waals surface area contributed by atoms with Crippen LogP contribution in [0.25, 0.3) is 0 Å². The fourth-order valence-electron chi connectivity index (χ4n) is 1.61. The van der Waals surface area contributed by atoms with Crippen molar-refractivity contribution in [2.75, 3.05) is 12.4 Å². The van der Waals surface area contributed by atoms with Crippen LogP contribution < -0.4 is 10.1 Å². The number of ether oxygens (including phenoxy) is 1. The summed E-state index contributed by atoms with van der Waals surface area (Å²) in [5, 5.41) is 12.4. The van der Waals surface area contributed by atoms with Crippen LogP contribution in [-0.2, 0) is 0 Å². The van der Waals surface area contributed by atoms with Gasteiger partial charge in [0.05, 0.1) is 13.2 Å². The van der Waals surface area contributed by atoms with E-state index in [9.17, 15) is 5.26 Å². The standard InChI is InChI=1S/C14H12BrN3O/c1-19-14-7-6-10(9-17-14)13(8-16)18-12-5-3-2-4-11(12)15/h2-7,9,13,18H,1H3. The highest BCUT2D eigenvalue weighted by atomic mass is 79.9. The number of nitriles is 1. The fourth-order valence-corrected chi connectivity index (χ4v) is 2.01. The average Bonchev–Trinajstić information content (AvgIpc) is 2.47. The number of para-hydroxylation sites is 1. The topological polar surface area (TPSA) is 57.9 Å². The third-order valence-corrected chi connectivity index (χ3v) is 3.30. The molecule has 0 saturated carbocycles. The van der Waals surface area contributed by atoms with Crippen LogP contribution in [0.1, 0.15) is 11.6 Å². The number of rotatable bonds is 4. The molecule has 0 radical (unpaired) electrons. The van der Waals surface area contributed by atoms with Crippen molar-refractivity contribution in [3.05, 3.63) is 52.6 Å². The Bertz CT molecular complexity index is 592. The van der Waals surface area contributed by atoms with E-state index in [0.29, 0.717) is 5.88 Å². The molecule has 0 spiro atoms. The highest BCUT2D eigenvalue weighted by molar-refractivity contribution is 9.10. The Morgan fingerprint density at radius 2 is 2.11 bits per heavy atom. The Balaban J connectivity index is 2.21. The van der Waals surface area contributed by atoms with Gasteiger partial charge < -0.3 is 10.1 Å². The van der Waals surface area contributed by atoms with Gasteiger partial charge in [0.25, 0.3) is 0 Å². The predicted molar refractivity (Wildman–Crippen MR) is 76.9 cm³/mol. The molecule has 0 fully saturated rings. The molecule has 19 heavy (non-hydrogen) atoms. The van der Waals surface area contributed by atoms with Crippen molar-refractivity contribution in [3.63, 3.8) is 0 Å². The van der Waals surface area contributed by atoms with Crippen LogP contribution in [-0.4, -0.2) is 12.1 Å². The molecular formula is C14H12BrN3O. The van der Waals surface area contributed by atoms with E-state index >= 15 is 0 Å². The summed E-state index contributed by atoms with van der Waals surface area (Å²) in [5.41, 5.74) is 1.66. The van der Waals surface area contributed by atoms with Gasteiger partial charge in [-0.25, -0.2) is 4.98 Å². The van der Waals surface area contributed by atoms with Gasteiger partial charge in [0, 0.05) is 28.0 Å². The molecule has 0 aliphatic carbocycles. The summed E-state index contributed by atoms with van der Waals surface area (Å²) < 4.78 is 5.91. The van der Waals surface area contributed by atoms with Gasteiger partial charge in [-0.05, 0) is 34.1 Å². The maximum absolute atomic E-state index is 9.27. The Morgan fingerprint density at radius 1 is 1.32 bits per heavy atom. The van der Waals surface area contributed by atoms with Crippen LogP contribution in [0.15, 0.2) is 47.1 Å². The molecule has 0 aliphatic rings. The lowest BCUT2D eigenvalue weighted by atomic mass is 10.1. The number of benzene rings is 1. The zero-order chi connectivity index (χ0) is 13.7. The smallest absolute Gasteiger partial charge is 0.212 e. The van der Waals surface area contributed by atoms with Gasteiger partial charge in [-0.3, -0.25) is 0 Å². The molecule has 2 rings (SSSR count). The molecule has 0 saturated heterocycles. The second-order valence-electron chi connectivity index (χ2n) is 3.82. The van der Waals surface area contributed by atoms with Gasteiger partial charge in [-0.2, -0.15) is 5.26 Å². The van der Waals surface area contributed by atoms with Crippen LogP contribution in [0.4, 0.5) is 5.69 Å². The van der Waals surface area contributed by atoms with Gasteiger partial charge in [0.15, 0.2) is 0 Å². The number of hydrogen-bond donors (Lipinski definition) is 1. The lowest BCUT2D eigenvalue weighted by Crippen LogP contribution is -2.09. The van der Waals surface area contributed by atoms with Crippen LogP contribution in [0, 0.1) is 11.3 Å². The van der Waals surface area contributed by atoms with Crippen LogP contribution in [0.5, 0.6) is 5.88 Å². The highest BCUT2D eigenvalue weighted by Gasteiger charge is 2.12. The van der Waals surface area contributed by atoms with Crippen LogP contribution >= 0.6 is 15.9 Å². The number of anilines is 1. The van der Waals surface area contributed by atoms with Gasteiger partial charge in [-0.1, -0.05) is 12.1 Å². The van der Waals surface area contributed by atoms with Gasteiger partial charge in [-0.15, -0.1) is 0 Å². The second kappa shape index (κ2) is 6.21. The number of halogens is 1. The predicted octanol–water partition coefficient (Wildman–Crippen LogP) is 3.53. The monoisotopic (exact) mass is 317 g/mol. The van der Waals surface area contributed by atoms with Crippen molar-refractivity contribution in [3.8, 4) is 11.9 Å². The molecule has 1 aromatic carbocycles. The molecule has 0 amide bonds. The molecule has 1 heterocycles. The Kier molecular flexibility index (Phi) is 4.37. The molecule has 5 heteroatoms. The van der Waals surface area contributed by atoms with Crippen molar-refractivity contribution in [1.29, 1.82) is 5.26 Å². The Morgan fingerprint density at radius 3 is 2.68 bits per heavy atom. The van der Waals surface area contributed by atoms with E-state index in [2.05, 4.69) is 32.3 Å². The molecule has 1 N–H and O–H groups in total. The summed E-state index contributed by atoms with van der Waals surface area (Å²) in [6, 6.07) is 13.0. The first-order valence-corrected chi connectivity index (χ1v) is 6.44. The van der Waals surface area contributed by atoms with Crippen LogP contribution in [0.2, 0.25) is 0 Å². The third kappa shape index (κ3) is 3.24. The molecule has 2 aromatic rings. The number of hydrogen-bond acceptors (Lipinski definition) is 4.